The molecule has 0 aromatic carbocycles. The minimum Gasteiger partial charge on any atom is -0.572 e. The van der Waals surface area contributed by atoms with Crippen LogP contribution in [0.2, 0.25) is 0 Å². The Kier molecular flexibility index (Phi) is 23.4. The van der Waals surface area contributed by atoms with E-state index in [1.807, 2.05) is 27.7 Å². The van der Waals surface area contributed by atoms with E-state index < -0.39 is 15.1 Å². The Morgan fingerprint density at radius 1 is 0.735 bits per heavy atom. The molecule has 0 rings (SSSR count). The molecule has 0 atom stereocenters. The smallest absolute Gasteiger partial charge is 0.572 e. The standard InChI is InChI=1S/C22H40O3.2C3H7O.Al/c1-3-4-5-6-7-8-9-10-11-12-13-14-15-16-17-18-19-25-22(24)20-21(2)23;2*1-3(2)4;/h10-11,20,24H,3-9,12-19H2,1-2H3;2*3H,1-2H3;/q;2*-1;+3/p-1/b11-10+,22-20+;;;. The van der Waals surface area contributed by atoms with Gasteiger partial charge in [-0.2, -0.15) is 0 Å². The molecular formula is C28H53AlO5. The number of hydrogen-bond donors (Lipinski definition) is 0. The van der Waals surface area contributed by atoms with E-state index in [1.54, 1.807) is 0 Å². The summed E-state index contributed by atoms with van der Waals surface area (Å²) in [7, 11) is 0. The zero-order valence-electron chi connectivity index (χ0n) is 23.1. The first-order valence-electron chi connectivity index (χ1n) is 13.8. The minimum atomic E-state index is -2.41. The van der Waals surface area contributed by atoms with Crippen molar-refractivity contribution < 1.29 is 20.9 Å². The highest BCUT2D eigenvalue weighted by Crippen LogP contribution is 2.13. The van der Waals surface area contributed by atoms with Crippen molar-refractivity contribution in [2.45, 2.75) is 144 Å². The van der Waals surface area contributed by atoms with Crippen molar-refractivity contribution >= 4 is 20.9 Å². The highest BCUT2D eigenvalue weighted by molar-refractivity contribution is 6.36. The summed E-state index contributed by atoms with van der Waals surface area (Å²) in [6.07, 6.45) is 23.9. The van der Waals surface area contributed by atoms with Crippen molar-refractivity contribution in [3.05, 3.63) is 24.2 Å². The molecule has 0 aromatic rings. The number of hydrogen-bond acceptors (Lipinski definition) is 5. The Labute approximate surface area is 216 Å². The number of ketones is 1. The van der Waals surface area contributed by atoms with Crippen LogP contribution in [0.5, 0.6) is 0 Å². The fourth-order valence-electron chi connectivity index (χ4n) is 3.42. The van der Waals surface area contributed by atoms with Gasteiger partial charge in [-0.25, -0.2) is 0 Å². The second-order valence-corrected chi connectivity index (χ2v) is 11.0. The van der Waals surface area contributed by atoms with E-state index in [-0.39, 0.29) is 23.9 Å². The Morgan fingerprint density at radius 2 is 1.21 bits per heavy atom. The molecule has 0 fully saturated rings. The summed E-state index contributed by atoms with van der Waals surface area (Å²) < 4.78 is 23.1. The SMILES string of the molecule is CCCCCCCC/C=C/CCCCCCCCO/C(=C/C(C)=O)[O][Al]([O]C(C)C)[O]C(C)C. The summed E-state index contributed by atoms with van der Waals surface area (Å²) in [5, 5.41) is 0. The number of carbonyl (C=O) groups is 1. The van der Waals surface area contributed by atoms with Crippen molar-refractivity contribution in [3.8, 4) is 0 Å². The van der Waals surface area contributed by atoms with Crippen molar-refractivity contribution in [2.24, 2.45) is 0 Å². The first kappa shape index (κ1) is 33.2. The lowest BCUT2D eigenvalue weighted by molar-refractivity contribution is -0.113. The van der Waals surface area contributed by atoms with Gasteiger partial charge in [0.2, 0.25) is 5.95 Å². The van der Waals surface area contributed by atoms with Crippen LogP contribution < -0.4 is 0 Å². The predicted molar refractivity (Wildman–Crippen MR) is 143 cm³/mol. The van der Waals surface area contributed by atoms with Crippen LogP contribution in [0.25, 0.3) is 0 Å². The van der Waals surface area contributed by atoms with Gasteiger partial charge in [0.25, 0.3) is 0 Å². The zero-order chi connectivity index (χ0) is 25.4. The fourth-order valence-corrected chi connectivity index (χ4v) is 4.81. The Balaban J connectivity index is 3.87. The van der Waals surface area contributed by atoms with Gasteiger partial charge in [-0.3, -0.25) is 4.79 Å². The lowest BCUT2D eigenvalue weighted by Gasteiger charge is -2.20. The lowest BCUT2D eigenvalue weighted by atomic mass is 10.1. The molecule has 0 N–H and O–H groups in total. The first-order valence-corrected chi connectivity index (χ1v) is 15.2. The molecule has 0 aliphatic rings. The van der Waals surface area contributed by atoms with Crippen LogP contribution in [-0.4, -0.2) is 39.7 Å². The van der Waals surface area contributed by atoms with E-state index in [9.17, 15) is 4.79 Å². The molecular weight excluding hydrogens is 443 g/mol. The maximum atomic E-state index is 11.6. The summed E-state index contributed by atoms with van der Waals surface area (Å²) in [6.45, 7) is 12.0. The number of carbonyl (C=O) groups excluding carboxylic acids is 1. The largest absolute Gasteiger partial charge is 1.00 e. The highest BCUT2D eigenvalue weighted by Gasteiger charge is 2.38. The van der Waals surface area contributed by atoms with Gasteiger partial charge in [0.1, 0.15) is 0 Å². The summed E-state index contributed by atoms with van der Waals surface area (Å²) in [5.41, 5.74) is 0. The molecule has 0 heterocycles. The van der Waals surface area contributed by atoms with Gasteiger partial charge in [0.05, 0.1) is 12.7 Å². The molecule has 34 heavy (non-hydrogen) atoms. The van der Waals surface area contributed by atoms with Gasteiger partial charge in [-0.05, 0) is 66.7 Å². The van der Waals surface area contributed by atoms with Gasteiger partial charge in [0, 0.05) is 12.2 Å². The van der Waals surface area contributed by atoms with Crippen LogP contribution in [0.4, 0.5) is 0 Å². The number of rotatable bonds is 24. The lowest BCUT2D eigenvalue weighted by Crippen LogP contribution is -2.33. The Morgan fingerprint density at radius 3 is 1.68 bits per heavy atom. The maximum Gasteiger partial charge on any atom is 1.00 e. The molecule has 0 radical (unpaired) electrons. The Bertz CT molecular complexity index is 521. The number of unbranched alkanes of at least 4 members (excludes halogenated alkanes) is 12. The third kappa shape index (κ3) is 24.3. The van der Waals surface area contributed by atoms with Crippen LogP contribution in [0, 0.1) is 0 Å². The van der Waals surface area contributed by atoms with Gasteiger partial charge in [-0.15, -0.1) is 0 Å². The van der Waals surface area contributed by atoms with Crippen LogP contribution >= 0.6 is 0 Å². The fraction of sp³-hybridized carbons (Fsp3) is 0.821. The second kappa shape index (κ2) is 23.9. The average molecular weight is 497 g/mol. The minimum absolute atomic E-state index is 0.00944. The van der Waals surface area contributed by atoms with Gasteiger partial charge in [0.15, 0.2) is 5.78 Å². The molecule has 0 saturated heterocycles. The van der Waals surface area contributed by atoms with Gasteiger partial charge < -0.3 is 16.1 Å². The van der Waals surface area contributed by atoms with Crippen molar-refractivity contribution in [1.29, 1.82) is 0 Å². The molecule has 6 heteroatoms. The molecule has 0 bridgehead atoms. The van der Waals surface area contributed by atoms with Crippen LogP contribution in [0.15, 0.2) is 24.2 Å². The predicted octanol–water partition coefficient (Wildman–Crippen LogP) is 8.32. The van der Waals surface area contributed by atoms with Crippen LogP contribution in [0.3, 0.4) is 0 Å². The molecule has 0 spiro atoms. The summed E-state index contributed by atoms with van der Waals surface area (Å²) in [6, 6.07) is 0. The van der Waals surface area contributed by atoms with E-state index in [0.29, 0.717) is 6.61 Å². The van der Waals surface area contributed by atoms with E-state index in [0.717, 1.165) is 12.8 Å². The first-order chi connectivity index (χ1) is 16.3. The monoisotopic (exact) mass is 496 g/mol. The second-order valence-electron chi connectivity index (χ2n) is 9.64. The molecule has 0 unspecified atom stereocenters. The normalized spacial score (nSPS) is 12.2. The molecule has 0 amide bonds. The highest BCUT2D eigenvalue weighted by atomic mass is 27.3. The molecule has 0 aliphatic heterocycles. The van der Waals surface area contributed by atoms with Crippen LogP contribution in [0.1, 0.15) is 131 Å². The summed E-state index contributed by atoms with van der Waals surface area (Å²) in [4.78, 5) is 11.6. The van der Waals surface area contributed by atoms with E-state index in [4.69, 9.17) is 16.1 Å². The van der Waals surface area contributed by atoms with Gasteiger partial charge in [-0.1, -0.05) is 76.9 Å². The van der Waals surface area contributed by atoms with Crippen molar-refractivity contribution in [3.63, 3.8) is 0 Å². The zero-order valence-corrected chi connectivity index (χ0v) is 24.3. The third-order valence-corrected chi connectivity index (χ3v) is 7.16. The molecule has 5 nitrogen and oxygen atoms in total. The summed E-state index contributed by atoms with van der Waals surface area (Å²) in [5.74, 6) is 0.107. The van der Waals surface area contributed by atoms with E-state index in [2.05, 4.69) is 19.1 Å². The Hall–Kier alpha value is -0.798. The topological polar surface area (TPSA) is 54.0 Å². The number of allylic oxidation sites excluding steroid dienone is 3. The third-order valence-electron chi connectivity index (χ3n) is 5.20. The average Bonchev–Trinajstić information content (AvgIpc) is 2.74. The molecule has 0 saturated carbocycles. The van der Waals surface area contributed by atoms with Crippen molar-refractivity contribution in [1.82, 2.24) is 0 Å². The molecule has 0 aliphatic carbocycles. The van der Waals surface area contributed by atoms with E-state index in [1.165, 1.54) is 90.0 Å². The quantitative estimate of drug-likeness (QED) is 0.0442. The van der Waals surface area contributed by atoms with Gasteiger partial charge >= 0.3 is 15.1 Å². The van der Waals surface area contributed by atoms with Crippen LogP contribution in [-0.2, 0) is 20.9 Å². The molecule has 0 aromatic heterocycles. The van der Waals surface area contributed by atoms with Crippen molar-refractivity contribution in [2.75, 3.05) is 6.61 Å². The molecule has 198 valence electrons. The number of ether oxygens (including phenoxy) is 1. The van der Waals surface area contributed by atoms with E-state index >= 15 is 0 Å². The summed E-state index contributed by atoms with van der Waals surface area (Å²) >= 11 is -2.41. The maximum absolute atomic E-state index is 11.6.